The van der Waals surface area contributed by atoms with Crippen molar-refractivity contribution in [3.63, 3.8) is 0 Å². The first-order valence-corrected chi connectivity index (χ1v) is 8.85. The number of benzene rings is 1. The zero-order valence-corrected chi connectivity index (χ0v) is 15.3. The number of thioether (sulfide) groups is 1. The normalized spacial score (nSPS) is 12.0. The number of rotatable bonds is 5. The van der Waals surface area contributed by atoms with Crippen molar-refractivity contribution in [2.75, 3.05) is 5.32 Å². The van der Waals surface area contributed by atoms with E-state index in [1.807, 2.05) is 42.7 Å². The molecule has 0 saturated carbocycles. The molecular weight excluding hydrogens is 358 g/mol. The third kappa shape index (κ3) is 4.18. The molecule has 1 N–H and O–H groups in total. The molecule has 3 aromatic rings. The van der Waals surface area contributed by atoms with E-state index in [9.17, 15) is 4.79 Å². The van der Waals surface area contributed by atoms with Gasteiger partial charge in [0.25, 0.3) is 0 Å². The molecule has 1 amide bonds. The van der Waals surface area contributed by atoms with Crippen LogP contribution in [-0.4, -0.2) is 30.9 Å². The fourth-order valence-electron chi connectivity index (χ4n) is 2.19. The van der Waals surface area contributed by atoms with Crippen LogP contribution in [0.2, 0.25) is 5.02 Å². The lowest BCUT2D eigenvalue weighted by molar-refractivity contribution is -0.115. The van der Waals surface area contributed by atoms with Crippen LogP contribution in [0.5, 0.6) is 0 Å². The number of hydrogen-bond acceptors (Lipinski definition) is 5. The third-order valence-electron chi connectivity index (χ3n) is 3.52. The number of carbonyl (C=O) groups is 1. The minimum atomic E-state index is -0.371. The molecule has 0 fully saturated rings. The van der Waals surface area contributed by atoms with Gasteiger partial charge in [-0.25, -0.2) is 4.98 Å². The Balaban J connectivity index is 1.72. The summed E-state index contributed by atoms with van der Waals surface area (Å²) in [6, 6.07) is 11.3. The van der Waals surface area contributed by atoms with Crippen LogP contribution in [0.3, 0.4) is 0 Å². The highest BCUT2D eigenvalue weighted by atomic mass is 35.5. The molecule has 8 heteroatoms. The van der Waals surface area contributed by atoms with E-state index < -0.39 is 0 Å². The van der Waals surface area contributed by atoms with Crippen LogP contribution in [-0.2, 0) is 4.79 Å². The Morgan fingerprint density at radius 2 is 2.08 bits per heavy atom. The highest BCUT2D eigenvalue weighted by Gasteiger charge is 2.19. The lowest BCUT2D eigenvalue weighted by Crippen LogP contribution is -2.23. The second-order valence-electron chi connectivity index (χ2n) is 5.38. The number of carbonyl (C=O) groups excluding carboxylic acids is 1. The SMILES string of the molecule is Cc1ccccc1-n1cnnc1S[C@H](C)C(=O)Nc1ccc(Cl)cn1. The van der Waals surface area contributed by atoms with Crippen molar-refractivity contribution in [1.29, 1.82) is 0 Å². The standard InChI is InChI=1S/C17H16ClN5OS/c1-11-5-3-4-6-14(11)23-10-20-22-17(23)25-12(2)16(24)21-15-8-7-13(18)9-19-15/h3-10,12H,1-2H3,(H,19,21,24)/t12-/m1/s1. The van der Waals surface area contributed by atoms with Crippen LogP contribution in [0, 0.1) is 6.92 Å². The molecule has 2 heterocycles. The van der Waals surface area contributed by atoms with E-state index in [1.165, 1.54) is 18.0 Å². The van der Waals surface area contributed by atoms with Crippen molar-refractivity contribution in [2.24, 2.45) is 0 Å². The number of aryl methyl sites for hydroxylation is 1. The first-order chi connectivity index (χ1) is 12.0. The highest BCUT2D eigenvalue weighted by Crippen LogP contribution is 2.25. The molecular formula is C17H16ClN5OS. The second-order valence-corrected chi connectivity index (χ2v) is 7.13. The predicted octanol–water partition coefficient (Wildman–Crippen LogP) is 3.74. The van der Waals surface area contributed by atoms with Crippen molar-refractivity contribution in [1.82, 2.24) is 19.7 Å². The summed E-state index contributed by atoms with van der Waals surface area (Å²) in [6.07, 6.45) is 3.14. The van der Waals surface area contributed by atoms with Gasteiger partial charge < -0.3 is 5.32 Å². The minimum Gasteiger partial charge on any atom is -0.310 e. The summed E-state index contributed by atoms with van der Waals surface area (Å²) in [7, 11) is 0. The van der Waals surface area contributed by atoms with E-state index in [4.69, 9.17) is 11.6 Å². The summed E-state index contributed by atoms with van der Waals surface area (Å²) >= 11 is 7.13. The number of pyridine rings is 1. The van der Waals surface area contributed by atoms with Gasteiger partial charge in [0.1, 0.15) is 12.1 Å². The first-order valence-electron chi connectivity index (χ1n) is 7.59. The summed E-state index contributed by atoms with van der Waals surface area (Å²) in [4.78, 5) is 16.4. The van der Waals surface area contributed by atoms with Gasteiger partial charge in [0.15, 0.2) is 5.16 Å². The van der Waals surface area contributed by atoms with E-state index in [0.717, 1.165) is 11.3 Å². The lowest BCUT2D eigenvalue weighted by atomic mass is 10.2. The van der Waals surface area contributed by atoms with Gasteiger partial charge in [-0.05, 0) is 37.6 Å². The molecule has 2 aromatic heterocycles. The second kappa shape index (κ2) is 7.67. The molecule has 0 aliphatic carbocycles. The number of nitrogens with zero attached hydrogens (tertiary/aromatic N) is 4. The maximum atomic E-state index is 12.4. The van der Waals surface area contributed by atoms with E-state index in [0.29, 0.717) is 16.0 Å². The molecule has 0 bridgehead atoms. The number of hydrogen-bond donors (Lipinski definition) is 1. The summed E-state index contributed by atoms with van der Waals surface area (Å²) in [5, 5.41) is 11.7. The minimum absolute atomic E-state index is 0.167. The van der Waals surface area contributed by atoms with Gasteiger partial charge in [-0.15, -0.1) is 10.2 Å². The van der Waals surface area contributed by atoms with Gasteiger partial charge in [0, 0.05) is 6.20 Å². The van der Waals surface area contributed by atoms with Crippen molar-refractivity contribution in [3.05, 3.63) is 59.5 Å². The number of para-hydroxylation sites is 1. The number of aromatic nitrogens is 4. The Bertz CT molecular complexity index is 881. The van der Waals surface area contributed by atoms with E-state index in [-0.39, 0.29) is 11.2 Å². The molecule has 0 aliphatic rings. The molecule has 0 unspecified atom stereocenters. The van der Waals surface area contributed by atoms with Gasteiger partial charge in [0.05, 0.1) is 16.0 Å². The van der Waals surface area contributed by atoms with Crippen molar-refractivity contribution in [3.8, 4) is 5.69 Å². The Morgan fingerprint density at radius 1 is 1.28 bits per heavy atom. The summed E-state index contributed by atoms with van der Waals surface area (Å²) in [5.41, 5.74) is 2.09. The Labute approximate surface area is 154 Å². The Kier molecular flexibility index (Phi) is 5.35. The van der Waals surface area contributed by atoms with Gasteiger partial charge in [-0.1, -0.05) is 41.6 Å². The fraction of sp³-hybridized carbons (Fsp3) is 0.176. The molecule has 3 rings (SSSR count). The van der Waals surface area contributed by atoms with E-state index in [1.54, 1.807) is 18.5 Å². The van der Waals surface area contributed by atoms with Crippen molar-refractivity contribution < 1.29 is 4.79 Å². The molecule has 1 atom stereocenters. The third-order valence-corrected chi connectivity index (χ3v) is 4.80. The molecule has 25 heavy (non-hydrogen) atoms. The van der Waals surface area contributed by atoms with E-state index >= 15 is 0 Å². The number of nitrogens with one attached hydrogen (secondary N) is 1. The summed E-state index contributed by atoms with van der Waals surface area (Å²) < 4.78 is 1.88. The topological polar surface area (TPSA) is 72.7 Å². The van der Waals surface area contributed by atoms with Crippen LogP contribution in [0.25, 0.3) is 5.69 Å². The predicted molar refractivity (Wildman–Crippen MR) is 99.3 cm³/mol. The van der Waals surface area contributed by atoms with Gasteiger partial charge in [-0.3, -0.25) is 9.36 Å². The molecule has 1 aromatic carbocycles. The first kappa shape index (κ1) is 17.4. The number of halogens is 1. The van der Waals surface area contributed by atoms with E-state index in [2.05, 4.69) is 20.5 Å². The molecule has 0 aliphatic heterocycles. The van der Waals surface area contributed by atoms with Crippen molar-refractivity contribution >= 4 is 35.1 Å². The van der Waals surface area contributed by atoms with Gasteiger partial charge >= 0.3 is 0 Å². The summed E-state index contributed by atoms with van der Waals surface area (Å²) in [5.74, 6) is 0.293. The maximum Gasteiger partial charge on any atom is 0.238 e. The van der Waals surface area contributed by atoms with Crippen molar-refractivity contribution in [2.45, 2.75) is 24.3 Å². The molecule has 0 radical (unpaired) electrons. The largest absolute Gasteiger partial charge is 0.310 e. The maximum absolute atomic E-state index is 12.4. The quantitative estimate of drug-likeness (QED) is 0.689. The van der Waals surface area contributed by atoms with Crippen LogP contribution in [0.1, 0.15) is 12.5 Å². The van der Waals surface area contributed by atoms with Crippen LogP contribution < -0.4 is 5.32 Å². The number of anilines is 1. The monoisotopic (exact) mass is 373 g/mol. The average molecular weight is 374 g/mol. The fourth-order valence-corrected chi connectivity index (χ4v) is 3.14. The summed E-state index contributed by atoms with van der Waals surface area (Å²) in [6.45, 7) is 3.83. The van der Waals surface area contributed by atoms with Crippen LogP contribution >= 0.6 is 23.4 Å². The van der Waals surface area contributed by atoms with Crippen LogP contribution in [0.4, 0.5) is 5.82 Å². The molecule has 0 spiro atoms. The molecule has 128 valence electrons. The number of amides is 1. The Hall–Kier alpha value is -2.38. The van der Waals surface area contributed by atoms with Gasteiger partial charge in [0.2, 0.25) is 5.91 Å². The van der Waals surface area contributed by atoms with Crippen LogP contribution in [0.15, 0.2) is 54.1 Å². The molecule has 0 saturated heterocycles. The zero-order valence-electron chi connectivity index (χ0n) is 13.7. The highest BCUT2D eigenvalue weighted by molar-refractivity contribution is 8.00. The smallest absolute Gasteiger partial charge is 0.238 e. The lowest BCUT2D eigenvalue weighted by Gasteiger charge is -2.13. The zero-order chi connectivity index (χ0) is 17.8. The Morgan fingerprint density at radius 3 is 2.80 bits per heavy atom. The van der Waals surface area contributed by atoms with Gasteiger partial charge in [-0.2, -0.15) is 0 Å². The average Bonchev–Trinajstić information content (AvgIpc) is 3.05. The molecule has 6 nitrogen and oxygen atoms in total.